The van der Waals surface area contributed by atoms with Gasteiger partial charge in [-0.05, 0) is 48.2 Å². The summed E-state index contributed by atoms with van der Waals surface area (Å²) in [6.07, 6.45) is 4.02. The van der Waals surface area contributed by atoms with Crippen LogP contribution in [0.15, 0.2) is 47.3 Å². The van der Waals surface area contributed by atoms with Crippen molar-refractivity contribution in [3.63, 3.8) is 0 Å². The van der Waals surface area contributed by atoms with Crippen molar-refractivity contribution in [1.82, 2.24) is 9.55 Å². The summed E-state index contributed by atoms with van der Waals surface area (Å²) in [5, 5.41) is 10.4. The van der Waals surface area contributed by atoms with Gasteiger partial charge in [0.25, 0.3) is 5.56 Å². The summed E-state index contributed by atoms with van der Waals surface area (Å²) < 4.78 is 1.63. The largest absolute Gasteiger partial charge is 0.494 e. The molecule has 0 spiro atoms. The molecule has 0 aliphatic carbocycles. The van der Waals surface area contributed by atoms with Crippen molar-refractivity contribution in [2.45, 2.75) is 46.1 Å². The molecule has 0 aliphatic heterocycles. The Balaban J connectivity index is 2.33. The van der Waals surface area contributed by atoms with Crippen LogP contribution in [0.2, 0.25) is 0 Å². The summed E-state index contributed by atoms with van der Waals surface area (Å²) in [5.74, 6) is -0.138. The number of hydrogen-bond acceptors (Lipinski definition) is 3. The molecule has 1 aromatic heterocycles. The van der Waals surface area contributed by atoms with E-state index < -0.39 is 5.56 Å². The summed E-state index contributed by atoms with van der Waals surface area (Å²) in [6, 6.07) is 8.48. The van der Waals surface area contributed by atoms with Crippen LogP contribution >= 0.6 is 12.2 Å². The number of benzene rings is 1. The molecule has 26 heavy (non-hydrogen) atoms. The maximum Gasteiger partial charge on any atom is 0.262 e. The molecule has 2 N–H and O–H groups in total. The SMILES string of the molecule is C=CCn1c(O)c(C=C(C)Cc2ccc(C(C)(C)C)cc2)c(=O)[nH]c1=S. The number of H-pyrrole nitrogens is 1. The van der Waals surface area contributed by atoms with Gasteiger partial charge in [-0.15, -0.1) is 6.58 Å². The third-order valence-electron chi connectivity index (χ3n) is 4.21. The van der Waals surface area contributed by atoms with Gasteiger partial charge in [-0.1, -0.05) is 56.7 Å². The quantitative estimate of drug-likeness (QED) is 0.590. The van der Waals surface area contributed by atoms with Gasteiger partial charge in [0.1, 0.15) is 0 Å². The van der Waals surface area contributed by atoms with Gasteiger partial charge in [-0.25, -0.2) is 0 Å². The van der Waals surface area contributed by atoms with Crippen LogP contribution in [0, 0.1) is 4.77 Å². The lowest BCUT2D eigenvalue weighted by molar-refractivity contribution is 0.412. The monoisotopic (exact) mass is 370 g/mol. The van der Waals surface area contributed by atoms with Crippen LogP contribution < -0.4 is 5.56 Å². The van der Waals surface area contributed by atoms with Crippen molar-refractivity contribution < 1.29 is 5.11 Å². The molecular weight excluding hydrogens is 344 g/mol. The van der Waals surface area contributed by atoms with Crippen LogP contribution in [0.3, 0.4) is 0 Å². The fourth-order valence-corrected chi connectivity index (χ4v) is 3.00. The fraction of sp³-hybridized carbons (Fsp3) is 0.333. The molecule has 0 fully saturated rings. The smallest absolute Gasteiger partial charge is 0.262 e. The number of aromatic hydroxyl groups is 1. The molecular formula is C21H26N2O2S. The van der Waals surface area contributed by atoms with Gasteiger partial charge in [-0.3, -0.25) is 14.3 Å². The van der Waals surface area contributed by atoms with Gasteiger partial charge in [0.05, 0.1) is 5.56 Å². The van der Waals surface area contributed by atoms with E-state index in [0.29, 0.717) is 13.0 Å². The Bertz CT molecular complexity index is 942. The maximum absolute atomic E-state index is 12.2. The Kier molecular flexibility index (Phi) is 6.03. The number of rotatable bonds is 5. The molecule has 138 valence electrons. The number of aromatic nitrogens is 2. The third-order valence-corrected chi connectivity index (χ3v) is 4.53. The Hall–Kier alpha value is -2.40. The molecule has 2 rings (SSSR count). The lowest BCUT2D eigenvalue weighted by Crippen LogP contribution is -2.16. The average molecular weight is 371 g/mol. The summed E-state index contributed by atoms with van der Waals surface area (Å²) in [4.78, 5) is 14.8. The first kappa shape index (κ1) is 19.9. The molecule has 0 saturated carbocycles. The van der Waals surface area contributed by atoms with E-state index in [1.807, 2.05) is 6.92 Å². The van der Waals surface area contributed by atoms with E-state index in [-0.39, 0.29) is 21.6 Å². The highest BCUT2D eigenvalue weighted by atomic mass is 32.1. The molecule has 1 heterocycles. The van der Waals surface area contributed by atoms with Gasteiger partial charge in [0.2, 0.25) is 5.88 Å². The van der Waals surface area contributed by atoms with E-state index in [2.05, 4.69) is 56.6 Å². The minimum atomic E-state index is -0.393. The molecule has 4 nitrogen and oxygen atoms in total. The predicted molar refractivity (Wildman–Crippen MR) is 110 cm³/mol. The molecule has 2 aromatic rings. The second-order valence-electron chi connectivity index (χ2n) is 7.51. The zero-order chi connectivity index (χ0) is 19.5. The minimum Gasteiger partial charge on any atom is -0.494 e. The Morgan fingerprint density at radius 3 is 2.46 bits per heavy atom. The molecule has 0 bridgehead atoms. The van der Waals surface area contributed by atoms with E-state index in [4.69, 9.17) is 12.2 Å². The number of allylic oxidation sites excluding steroid dienone is 2. The van der Waals surface area contributed by atoms with E-state index in [0.717, 1.165) is 11.1 Å². The van der Waals surface area contributed by atoms with Gasteiger partial charge in [0, 0.05) is 6.54 Å². The molecule has 0 saturated heterocycles. The second-order valence-corrected chi connectivity index (χ2v) is 7.90. The normalized spacial score (nSPS) is 12.2. The summed E-state index contributed by atoms with van der Waals surface area (Å²) in [7, 11) is 0. The zero-order valence-corrected chi connectivity index (χ0v) is 16.6. The second kappa shape index (κ2) is 7.87. The first-order valence-corrected chi connectivity index (χ1v) is 8.98. The molecule has 0 unspecified atom stereocenters. The van der Waals surface area contributed by atoms with Crippen LogP contribution in [0.25, 0.3) is 6.08 Å². The lowest BCUT2D eigenvalue weighted by atomic mass is 9.86. The number of nitrogens with zero attached hydrogens (tertiary/aromatic N) is 1. The van der Waals surface area contributed by atoms with Crippen molar-refractivity contribution in [1.29, 1.82) is 0 Å². The van der Waals surface area contributed by atoms with Crippen molar-refractivity contribution in [3.05, 3.63) is 74.3 Å². The average Bonchev–Trinajstić information content (AvgIpc) is 2.55. The van der Waals surface area contributed by atoms with E-state index in [1.54, 1.807) is 12.2 Å². The zero-order valence-electron chi connectivity index (χ0n) is 15.8. The van der Waals surface area contributed by atoms with Crippen molar-refractivity contribution in [2.24, 2.45) is 0 Å². The topological polar surface area (TPSA) is 58.0 Å². The van der Waals surface area contributed by atoms with E-state index in [9.17, 15) is 9.90 Å². The Morgan fingerprint density at radius 2 is 1.92 bits per heavy atom. The number of hydrogen-bond donors (Lipinski definition) is 2. The van der Waals surface area contributed by atoms with Crippen LogP contribution in [-0.2, 0) is 18.4 Å². The molecule has 0 aliphatic rings. The highest BCUT2D eigenvalue weighted by Gasteiger charge is 2.13. The van der Waals surface area contributed by atoms with Crippen LogP contribution in [-0.4, -0.2) is 14.7 Å². The Morgan fingerprint density at radius 1 is 1.31 bits per heavy atom. The van der Waals surface area contributed by atoms with Crippen molar-refractivity contribution >= 4 is 18.3 Å². The van der Waals surface area contributed by atoms with Gasteiger partial charge < -0.3 is 5.11 Å². The molecule has 0 atom stereocenters. The fourth-order valence-electron chi connectivity index (χ4n) is 2.75. The van der Waals surface area contributed by atoms with E-state index in [1.165, 1.54) is 10.1 Å². The van der Waals surface area contributed by atoms with Crippen molar-refractivity contribution in [2.75, 3.05) is 0 Å². The third kappa shape index (κ3) is 4.61. The van der Waals surface area contributed by atoms with E-state index >= 15 is 0 Å². The molecule has 1 aromatic carbocycles. The minimum absolute atomic E-state index is 0.118. The number of nitrogens with one attached hydrogen (secondary N) is 1. The molecule has 5 heteroatoms. The summed E-state index contributed by atoms with van der Waals surface area (Å²) >= 11 is 5.09. The Labute approximate surface area is 159 Å². The first-order chi connectivity index (χ1) is 12.1. The predicted octanol–water partition coefficient (Wildman–Crippen LogP) is 4.74. The van der Waals surface area contributed by atoms with Crippen LogP contribution in [0.5, 0.6) is 5.88 Å². The van der Waals surface area contributed by atoms with Crippen LogP contribution in [0.4, 0.5) is 0 Å². The highest BCUT2D eigenvalue weighted by molar-refractivity contribution is 7.71. The highest BCUT2D eigenvalue weighted by Crippen LogP contribution is 2.23. The maximum atomic E-state index is 12.2. The van der Waals surface area contributed by atoms with Crippen molar-refractivity contribution in [3.8, 4) is 5.88 Å². The molecule has 0 radical (unpaired) electrons. The first-order valence-electron chi connectivity index (χ1n) is 8.57. The van der Waals surface area contributed by atoms with Gasteiger partial charge in [0.15, 0.2) is 4.77 Å². The van der Waals surface area contributed by atoms with Gasteiger partial charge in [-0.2, -0.15) is 0 Å². The van der Waals surface area contributed by atoms with Crippen LogP contribution in [0.1, 0.15) is 44.4 Å². The number of aromatic amines is 1. The lowest BCUT2D eigenvalue weighted by Gasteiger charge is -2.19. The molecule has 0 amide bonds. The summed E-state index contributed by atoms with van der Waals surface area (Å²) in [6.45, 7) is 12.5. The summed E-state index contributed by atoms with van der Waals surface area (Å²) in [5.41, 5.74) is 3.34. The standard InChI is InChI=1S/C21H26N2O2S/c1-6-11-23-19(25)17(18(24)22-20(23)26)13-14(2)12-15-7-9-16(10-8-15)21(3,4)5/h6-10,13,25H,1,11-12H2,2-5H3,(H,22,24,26). The van der Waals surface area contributed by atoms with Gasteiger partial charge >= 0.3 is 0 Å².